The average molecular weight is 840 g/mol. The van der Waals surface area contributed by atoms with Crippen LogP contribution >= 0.6 is 12.4 Å². The van der Waals surface area contributed by atoms with E-state index in [1.165, 1.54) is 17.2 Å². The number of nitrogens with one attached hydrogen (secondary N) is 1. The molecule has 7 unspecified atom stereocenters. The Hall–Kier alpha value is -4.02. The molecule has 11 heteroatoms. The first-order chi connectivity index (χ1) is 27.1. The van der Waals surface area contributed by atoms with Crippen LogP contribution in [0.5, 0.6) is 11.5 Å². The molecule has 7 atom stereocenters. The molecule has 7 rings (SSSR count). The van der Waals surface area contributed by atoms with Crippen molar-refractivity contribution in [1.29, 1.82) is 0 Å². The average Bonchev–Trinajstić information content (AvgIpc) is 3.18. The molecule has 0 saturated heterocycles. The molecule has 7 nitrogen and oxygen atoms in total. The molecule has 4 N–H and O–H groups in total. The summed E-state index contributed by atoms with van der Waals surface area (Å²) in [4.78, 5) is 24.0. The Kier molecular flexibility index (Phi) is 13.1. The molecule has 0 radical (unpaired) electrons. The number of carbonyl (C=O) groups excluding carboxylic acids is 1. The van der Waals surface area contributed by atoms with Crippen molar-refractivity contribution in [3.8, 4) is 11.5 Å². The van der Waals surface area contributed by atoms with E-state index in [9.17, 15) is 38.1 Å². The van der Waals surface area contributed by atoms with Crippen LogP contribution in [0.3, 0.4) is 0 Å². The minimum atomic E-state index is -4.34. The monoisotopic (exact) mass is 839 g/mol. The predicted octanol–water partition coefficient (Wildman–Crippen LogP) is 11.1. The third-order valence-electron chi connectivity index (χ3n) is 15.2. The number of carboxylic acid groups (broad SMARTS) is 1. The standard InChI is InChI=1S/C29H40O4.C19H20F3NO2.ClH/c1-17-18-7-8-21-27(4,19(18)15-20(30)23(17)31)12-14-29(6)22-16-26(3,24(32)33)10-9-25(22,2)11-13-28(21,29)5;1-14(12-15-6-5-9-17(13-15)19(20,21)22)23-10-11-25-18(24)16-7-3-2-4-8-16;/h8,15,22,30-31H,7,9-14,16H2,1-6H3,(H,32,33);2-9,13-14,23H,10-12H2,1H3;1H. The number of rotatable bonds is 8. The van der Waals surface area contributed by atoms with Crippen molar-refractivity contribution < 1.29 is 42.8 Å². The normalized spacial score (nSPS) is 30.0. The molecule has 59 heavy (non-hydrogen) atoms. The summed E-state index contributed by atoms with van der Waals surface area (Å²) in [6, 6.07) is 15.7. The number of phenols is 2. The first-order valence-electron chi connectivity index (χ1n) is 20.7. The number of carboxylic acids is 1. The number of benzene rings is 3. The van der Waals surface area contributed by atoms with Gasteiger partial charge in [0.15, 0.2) is 11.5 Å². The highest BCUT2D eigenvalue weighted by atomic mass is 35.5. The number of carbonyl (C=O) groups is 2. The Morgan fingerprint density at radius 2 is 1.59 bits per heavy atom. The maximum atomic E-state index is 12.7. The molecule has 3 aromatic rings. The number of fused-ring (bicyclic) bond motifs is 7. The van der Waals surface area contributed by atoms with Crippen LogP contribution < -0.4 is 5.32 Å². The zero-order valence-electron chi connectivity index (χ0n) is 35.4. The van der Waals surface area contributed by atoms with Gasteiger partial charge in [-0.1, -0.05) is 75.7 Å². The zero-order valence-corrected chi connectivity index (χ0v) is 36.2. The summed E-state index contributed by atoms with van der Waals surface area (Å²) < 4.78 is 43.3. The fourth-order valence-electron chi connectivity index (χ4n) is 11.3. The summed E-state index contributed by atoms with van der Waals surface area (Å²) in [5, 5.41) is 34.0. The van der Waals surface area contributed by atoms with Crippen LogP contribution in [0.25, 0.3) is 0 Å². The molecule has 3 fully saturated rings. The number of hydrogen-bond donors (Lipinski definition) is 4. The molecule has 3 aromatic carbocycles. The first-order valence-corrected chi connectivity index (χ1v) is 20.7. The van der Waals surface area contributed by atoms with Crippen molar-refractivity contribution in [1.82, 2.24) is 5.32 Å². The molecule has 0 amide bonds. The number of halogens is 4. The van der Waals surface area contributed by atoms with Crippen LogP contribution in [0, 0.1) is 34.5 Å². The lowest BCUT2D eigenvalue weighted by Crippen LogP contribution is -2.62. The van der Waals surface area contributed by atoms with Gasteiger partial charge in [-0.15, -0.1) is 12.4 Å². The van der Waals surface area contributed by atoms with Gasteiger partial charge in [-0.25, -0.2) is 4.79 Å². The van der Waals surface area contributed by atoms with Crippen LogP contribution in [0.4, 0.5) is 13.2 Å². The zero-order chi connectivity index (χ0) is 42.5. The number of allylic oxidation sites excluding steroid dienone is 2. The maximum absolute atomic E-state index is 12.7. The van der Waals surface area contributed by atoms with Crippen LogP contribution in [0.2, 0.25) is 0 Å². The lowest BCUT2D eigenvalue weighted by Gasteiger charge is -2.69. The third-order valence-corrected chi connectivity index (χ3v) is 15.2. The number of hydrogen-bond acceptors (Lipinski definition) is 6. The quantitative estimate of drug-likeness (QED) is 0.0772. The van der Waals surface area contributed by atoms with Gasteiger partial charge in [0, 0.05) is 18.0 Å². The molecular formula is C48H61ClF3NO6. The van der Waals surface area contributed by atoms with Crippen molar-refractivity contribution in [3.63, 3.8) is 0 Å². The molecule has 4 aliphatic rings. The number of aliphatic carboxylic acids is 1. The minimum absolute atomic E-state index is 0. The molecule has 4 aliphatic carbocycles. The van der Waals surface area contributed by atoms with E-state index in [0.29, 0.717) is 30.0 Å². The molecule has 322 valence electrons. The van der Waals surface area contributed by atoms with Crippen LogP contribution in [-0.2, 0) is 34.0 Å². The molecular weight excluding hydrogens is 779 g/mol. The molecule has 0 bridgehead atoms. The second-order valence-electron chi connectivity index (χ2n) is 18.8. The van der Waals surface area contributed by atoms with E-state index in [1.807, 2.05) is 32.9 Å². The van der Waals surface area contributed by atoms with Gasteiger partial charge < -0.3 is 25.4 Å². The van der Waals surface area contributed by atoms with E-state index < -0.39 is 29.1 Å². The van der Waals surface area contributed by atoms with E-state index in [1.54, 1.807) is 30.3 Å². The summed E-state index contributed by atoms with van der Waals surface area (Å²) in [5.74, 6) is -0.677. The van der Waals surface area contributed by atoms with Gasteiger partial charge in [-0.05, 0) is 147 Å². The first kappa shape index (κ1) is 46.1. The fraction of sp³-hybridized carbons (Fsp3) is 0.542. The fourth-order valence-corrected chi connectivity index (χ4v) is 11.3. The van der Waals surface area contributed by atoms with Crippen molar-refractivity contribution in [2.45, 2.75) is 124 Å². The largest absolute Gasteiger partial charge is 0.504 e. The van der Waals surface area contributed by atoms with Gasteiger partial charge in [0.25, 0.3) is 0 Å². The van der Waals surface area contributed by atoms with Gasteiger partial charge in [-0.2, -0.15) is 13.2 Å². The summed E-state index contributed by atoms with van der Waals surface area (Å²) in [6.45, 7) is 16.0. The van der Waals surface area contributed by atoms with Crippen LogP contribution in [-0.4, -0.2) is 46.5 Å². The smallest absolute Gasteiger partial charge is 0.416 e. The molecule has 3 saturated carbocycles. The second-order valence-corrected chi connectivity index (χ2v) is 18.8. The Bertz CT molecular complexity index is 2070. The van der Waals surface area contributed by atoms with E-state index in [0.717, 1.165) is 74.6 Å². The molecule has 0 heterocycles. The summed E-state index contributed by atoms with van der Waals surface area (Å²) in [5.41, 5.74) is 4.45. The molecule has 0 aliphatic heterocycles. The Morgan fingerprint density at radius 1 is 0.915 bits per heavy atom. The van der Waals surface area contributed by atoms with E-state index in [4.69, 9.17) is 4.74 Å². The topological polar surface area (TPSA) is 116 Å². The SMILES string of the molecule is CC(Cc1cccc(C(F)(F)F)c1)NCCOC(=O)c1ccccc1.Cc1c(O)c(O)cc2c1CC=C1C2(C)CCC2(C)C3CC(C)(C(=O)O)CCC3(C)CCC12C.Cl. The van der Waals surface area contributed by atoms with Gasteiger partial charge in [-0.3, -0.25) is 4.79 Å². The van der Waals surface area contributed by atoms with E-state index in [-0.39, 0.29) is 58.2 Å². The summed E-state index contributed by atoms with van der Waals surface area (Å²) >= 11 is 0. The van der Waals surface area contributed by atoms with E-state index in [2.05, 4.69) is 39.1 Å². The number of esters is 1. The number of alkyl halides is 3. The minimum Gasteiger partial charge on any atom is -0.504 e. The lowest BCUT2D eigenvalue weighted by molar-refractivity contribution is -0.177. The Balaban J connectivity index is 0.000000230. The highest BCUT2D eigenvalue weighted by Crippen LogP contribution is 2.74. The molecule has 0 spiro atoms. The second kappa shape index (κ2) is 16.8. The van der Waals surface area contributed by atoms with Crippen molar-refractivity contribution in [2.75, 3.05) is 13.2 Å². The highest BCUT2D eigenvalue weighted by molar-refractivity contribution is 5.89. The van der Waals surface area contributed by atoms with Gasteiger partial charge in [0.1, 0.15) is 6.61 Å². The van der Waals surface area contributed by atoms with Crippen molar-refractivity contribution >= 4 is 24.3 Å². The van der Waals surface area contributed by atoms with Gasteiger partial charge in [0.2, 0.25) is 0 Å². The Labute approximate surface area is 353 Å². The number of aromatic hydroxyl groups is 2. The third kappa shape index (κ3) is 8.50. The maximum Gasteiger partial charge on any atom is 0.416 e. The highest BCUT2D eigenvalue weighted by Gasteiger charge is 2.67. The van der Waals surface area contributed by atoms with Gasteiger partial charge in [0.05, 0.1) is 16.5 Å². The lowest BCUT2D eigenvalue weighted by atomic mass is 9.34. The summed E-state index contributed by atoms with van der Waals surface area (Å²) in [6.07, 6.45) is 6.15. The number of phenolic OH excluding ortho intramolecular Hbond substituents is 2. The number of ether oxygens (including phenoxy) is 1. The Morgan fingerprint density at radius 3 is 2.25 bits per heavy atom. The molecule has 0 aromatic heterocycles. The predicted molar refractivity (Wildman–Crippen MR) is 226 cm³/mol. The van der Waals surface area contributed by atoms with Crippen molar-refractivity contribution in [3.05, 3.63) is 106 Å². The van der Waals surface area contributed by atoms with Crippen molar-refractivity contribution in [2.24, 2.45) is 27.6 Å². The summed E-state index contributed by atoms with van der Waals surface area (Å²) in [7, 11) is 0. The van der Waals surface area contributed by atoms with Crippen LogP contribution in [0.15, 0.2) is 72.3 Å². The van der Waals surface area contributed by atoms with Gasteiger partial charge >= 0.3 is 18.1 Å². The van der Waals surface area contributed by atoms with E-state index >= 15 is 0 Å². The van der Waals surface area contributed by atoms with Crippen LogP contribution in [0.1, 0.15) is 125 Å².